The third-order valence-electron chi connectivity index (χ3n) is 5.63. The van der Waals surface area contributed by atoms with Gasteiger partial charge in [0.1, 0.15) is 6.54 Å². The van der Waals surface area contributed by atoms with E-state index in [1.807, 2.05) is 35.9 Å². The van der Waals surface area contributed by atoms with Crippen molar-refractivity contribution in [3.8, 4) is 0 Å². The van der Waals surface area contributed by atoms with E-state index in [2.05, 4.69) is 21.2 Å². The Morgan fingerprint density at radius 2 is 2.22 bits per heavy atom. The number of carbonyl (C=O) groups is 3. The molecule has 2 fully saturated rings. The second-order valence-corrected chi connectivity index (χ2v) is 9.91. The first-order valence-corrected chi connectivity index (χ1v) is 12.5. The number of nitrogens with zero attached hydrogens (tertiary/aromatic N) is 2. The Hall–Kier alpha value is -2.10. The number of ether oxygens (including phenoxy) is 1. The Morgan fingerprint density at radius 3 is 2.97 bits per heavy atom. The van der Waals surface area contributed by atoms with Crippen LogP contribution in [-0.4, -0.2) is 52.3 Å². The minimum absolute atomic E-state index is 0.0910. The summed E-state index contributed by atoms with van der Waals surface area (Å²) in [4.78, 5) is 39.3. The topological polar surface area (TPSA) is 80.6 Å². The van der Waals surface area contributed by atoms with E-state index in [9.17, 15) is 14.4 Å². The summed E-state index contributed by atoms with van der Waals surface area (Å²) >= 11 is 4.47. The van der Waals surface area contributed by atoms with E-state index in [4.69, 9.17) is 4.74 Å². The fourth-order valence-corrected chi connectivity index (χ4v) is 5.15. The van der Waals surface area contributed by atoms with Crippen LogP contribution in [0.25, 0.3) is 17.0 Å². The van der Waals surface area contributed by atoms with Crippen LogP contribution in [0.5, 0.6) is 0 Å². The predicted octanol–water partition coefficient (Wildman–Crippen LogP) is 4.54. The SMILES string of the molecule is CCCCN1C(=O)S/C(=C\c2cn(CC(=O)NC[C@@H]3CCCO3)c3ccc(Br)cc23)C1=O. The number of fused-ring (bicyclic) bond motifs is 1. The Morgan fingerprint density at radius 1 is 1.38 bits per heavy atom. The van der Waals surface area contributed by atoms with Gasteiger partial charge in [0.05, 0.1) is 11.0 Å². The molecule has 0 bridgehead atoms. The molecule has 1 aromatic carbocycles. The second-order valence-electron chi connectivity index (χ2n) is 8.00. The molecule has 3 amide bonds. The van der Waals surface area contributed by atoms with Crippen LogP contribution in [0.15, 0.2) is 33.8 Å². The van der Waals surface area contributed by atoms with E-state index in [-0.39, 0.29) is 29.7 Å². The Kier molecular flexibility index (Phi) is 7.37. The lowest BCUT2D eigenvalue weighted by Gasteiger charge is -2.11. The average molecular weight is 520 g/mol. The van der Waals surface area contributed by atoms with E-state index < -0.39 is 0 Å². The molecule has 9 heteroatoms. The van der Waals surface area contributed by atoms with Crippen molar-refractivity contribution in [1.82, 2.24) is 14.8 Å². The van der Waals surface area contributed by atoms with Crippen molar-refractivity contribution >= 4 is 61.7 Å². The maximum atomic E-state index is 12.7. The highest BCUT2D eigenvalue weighted by Gasteiger charge is 2.34. The summed E-state index contributed by atoms with van der Waals surface area (Å²) in [6, 6.07) is 5.83. The Balaban J connectivity index is 1.56. The zero-order valence-corrected chi connectivity index (χ0v) is 20.3. The molecule has 2 aliphatic heterocycles. The van der Waals surface area contributed by atoms with Crippen LogP contribution in [0.1, 0.15) is 38.2 Å². The number of imide groups is 1. The van der Waals surface area contributed by atoms with Crippen molar-refractivity contribution in [2.75, 3.05) is 19.7 Å². The summed E-state index contributed by atoms with van der Waals surface area (Å²) in [5, 5.41) is 3.63. The third kappa shape index (κ3) is 5.10. The largest absolute Gasteiger partial charge is 0.376 e. The lowest BCUT2D eigenvalue weighted by molar-refractivity contribution is -0.123. The molecular weight excluding hydrogens is 494 g/mol. The number of amides is 3. The predicted molar refractivity (Wildman–Crippen MR) is 129 cm³/mol. The molecule has 7 nitrogen and oxygen atoms in total. The third-order valence-corrected chi connectivity index (χ3v) is 7.03. The number of nitrogens with one attached hydrogen (secondary N) is 1. The first-order chi connectivity index (χ1) is 15.5. The molecule has 170 valence electrons. The molecule has 0 aliphatic carbocycles. The molecule has 2 aromatic rings. The van der Waals surface area contributed by atoms with Gasteiger partial charge in [-0.2, -0.15) is 0 Å². The minimum Gasteiger partial charge on any atom is -0.376 e. The van der Waals surface area contributed by atoms with Crippen LogP contribution >= 0.6 is 27.7 Å². The molecule has 2 saturated heterocycles. The van der Waals surface area contributed by atoms with Gasteiger partial charge in [-0.3, -0.25) is 19.3 Å². The van der Waals surface area contributed by atoms with Crippen LogP contribution < -0.4 is 5.32 Å². The fraction of sp³-hybridized carbons (Fsp3) is 0.435. The maximum absolute atomic E-state index is 12.7. The maximum Gasteiger partial charge on any atom is 0.293 e. The number of thioether (sulfide) groups is 1. The molecule has 1 aromatic heterocycles. The number of halogens is 1. The summed E-state index contributed by atoms with van der Waals surface area (Å²) in [7, 11) is 0. The normalized spacial score (nSPS) is 20.1. The Bertz CT molecular complexity index is 1070. The van der Waals surface area contributed by atoms with E-state index in [0.29, 0.717) is 18.0 Å². The highest BCUT2D eigenvalue weighted by molar-refractivity contribution is 9.10. The quantitative estimate of drug-likeness (QED) is 0.518. The van der Waals surface area contributed by atoms with E-state index in [1.165, 1.54) is 4.90 Å². The van der Waals surface area contributed by atoms with Gasteiger partial charge in [0.15, 0.2) is 0 Å². The van der Waals surface area contributed by atoms with Crippen molar-refractivity contribution < 1.29 is 19.1 Å². The van der Waals surface area contributed by atoms with Gasteiger partial charge < -0.3 is 14.6 Å². The van der Waals surface area contributed by atoms with Gasteiger partial charge in [-0.15, -0.1) is 0 Å². The molecule has 0 unspecified atom stereocenters. The highest BCUT2D eigenvalue weighted by Crippen LogP contribution is 2.35. The summed E-state index contributed by atoms with van der Waals surface area (Å²) < 4.78 is 8.34. The van der Waals surface area contributed by atoms with Crippen molar-refractivity contribution in [3.63, 3.8) is 0 Å². The Labute approximate surface area is 199 Å². The van der Waals surface area contributed by atoms with E-state index in [0.717, 1.165) is 65.0 Å². The zero-order valence-electron chi connectivity index (χ0n) is 17.9. The van der Waals surface area contributed by atoms with Gasteiger partial charge in [0.2, 0.25) is 5.91 Å². The van der Waals surface area contributed by atoms with Crippen molar-refractivity contribution in [1.29, 1.82) is 0 Å². The zero-order chi connectivity index (χ0) is 22.7. The summed E-state index contributed by atoms with van der Waals surface area (Å²) in [5.74, 6) is -0.342. The van der Waals surface area contributed by atoms with E-state index >= 15 is 0 Å². The van der Waals surface area contributed by atoms with Gasteiger partial charge in [0.25, 0.3) is 11.1 Å². The molecule has 4 rings (SSSR count). The number of unbranched alkanes of at least 4 members (excludes halogenated alkanes) is 1. The van der Waals surface area contributed by atoms with Gasteiger partial charge in [-0.05, 0) is 55.3 Å². The van der Waals surface area contributed by atoms with Gasteiger partial charge in [0, 0.05) is 46.8 Å². The van der Waals surface area contributed by atoms with Crippen molar-refractivity contribution in [2.24, 2.45) is 0 Å². The molecule has 0 radical (unpaired) electrons. The molecule has 0 saturated carbocycles. The molecule has 3 heterocycles. The summed E-state index contributed by atoms with van der Waals surface area (Å²) in [6.45, 7) is 3.90. The molecule has 0 spiro atoms. The van der Waals surface area contributed by atoms with Crippen LogP contribution in [-0.2, 0) is 20.9 Å². The van der Waals surface area contributed by atoms with Crippen LogP contribution in [0.4, 0.5) is 4.79 Å². The monoisotopic (exact) mass is 519 g/mol. The highest BCUT2D eigenvalue weighted by atomic mass is 79.9. The lowest BCUT2D eigenvalue weighted by atomic mass is 10.1. The first-order valence-electron chi connectivity index (χ1n) is 10.9. The van der Waals surface area contributed by atoms with Crippen LogP contribution in [0.3, 0.4) is 0 Å². The van der Waals surface area contributed by atoms with Gasteiger partial charge in [-0.1, -0.05) is 29.3 Å². The van der Waals surface area contributed by atoms with E-state index in [1.54, 1.807) is 6.08 Å². The van der Waals surface area contributed by atoms with Gasteiger partial charge >= 0.3 is 0 Å². The molecule has 32 heavy (non-hydrogen) atoms. The molecule has 1 N–H and O–H groups in total. The first kappa shape index (κ1) is 23.1. The van der Waals surface area contributed by atoms with Crippen LogP contribution in [0.2, 0.25) is 0 Å². The van der Waals surface area contributed by atoms with Gasteiger partial charge in [-0.25, -0.2) is 0 Å². The standard InChI is InChI=1S/C23H26BrN3O4S/c1-2-3-8-27-22(29)20(32-23(27)30)10-15-13-26(19-7-6-16(24)11-18(15)19)14-21(28)25-12-17-5-4-9-31-17/h6-7,10-11,13,17H,2-5,8-9,12,14H2,1H3,(H,25,28)/b20-10-/t17-/m0/s1. The second kappa shape index (κ2) is 10.2. The lowest BCUT2D eigenvalue weighted by Crippen LogP contribution is -2.34. The number of rotatable bonds is 8. The number of benzene rings is 1. The number of carbonyl (C=O) groups excluding carboxylic acids is 3. The smallest absolute Gasteiger partial charge is 0.293 e. The molecular formula is C23H26BrN3O4S. The number of hydrogen-bond acceptors (Lipinski definition) is 5. The van der Waals surface area contributed by atoms with Crippen molar-refractivity contribution in [2.45, 2.75) is 45.3 Å². The summed E-state index contributed by atoms with van der Waals surface area (Å²) in [6.07, 6.45) is 7.42. The summed E-state index contributed by atoms with van der Waals surface area (Å²) in [5.41, 5.74) is 1.69. The molecule has 1 atom stereocenters. The number of hydrogen-bond donors (Lipinski definition) is 1. The molecule has 2 aliphatic rings. The average Bonchev–Trinajstić information content (AvgIpc) is 3.46. The van der Waals surface area contributed by atoms with Crippen molar-refractivity contribution in [3.05, 3.63) is 39.3 Å². The van der Waals surface area contributed by atoms with Crippen LogP contribution in [0, 0.1) is 0 Å². The fourth-order valence-electron chi connectivity index (χ4n) is 3.94. The number of aromatic nitrogens is 1. The minimum atomic E-state index is -0.251.